The molecule has 2 aromatic carbocycles. The summed E-state index contributed by atoms with van der Waals surface area (Å²) in [7, 11) is 0. The number of carboxylic acid groups (broad SMARTS) is 1. The van der Waals surface area contributed by atoms with Crippen molar-refractivity contribution in [1.29, 1.82) is 0 Å². The zero-order chi connectivity index (χ0) is 19.8. The Hall–Kier alpha value is -3.22. The molecule has 142 valence electrons. The molecular weight excluding hydrogens is 351 g/mol. The standard InChI is InChI=1S/C20H21FN2O4/c1-13(24)22-16-7-9-18(21)17(12-16)20(27)23-15(8-10-19(25)26)11-14-5-3-2-4-6-14/h2-7,9,12,15H,8,10-11H2,1H3,(H,22,24)(H,23,27)(H,25,26). The van der Waals surface area contributed by atoms with Crippen LogP contribution in [0.15, 0.2) is 48.5 Å². The summed E-state index contributed by atoms with van der Waals surface area (Å²) < 4.78 is 14.1. The minimum atomic E-state index is -0.971. The summed E-state index contributed by atoms with van der Waals surface area (Å²) in [6, 6.07) is 12.5. The Morgan fingerprint density at radius 1 is 1.11 bits per heavy atom. The Morgan fingerprint density at radius 2 is 1.81 bits per heavy atom. The number of halogens is 1. The fraction of sp³-hybridized carbons (Fsp3) is 0.250. The lowest BCUT2D eigenvalue weighted by molar-refractivity contribution is -0.137. The normalized spacial score (nSPS) is 11.5. The second-order valence-corrected chi connectivity index (χ2v) is 6.17. The predicted molar refractivity (Wildman–Crippen MR) is 99.0 cm³/mol. The van der Waals surface area contributed by atoms with Crippen LogP contribution in [-0.4, -0.2) is 28.9 Å². The number of benzene rings is 2. The van der Waals surface area contributed by atoms with E-state index >= 15 is 0 Å². The van der Waals surface area contributed by atoms with E-state index in [2.05, 4.69) is 10.6 Å². The average Bonchev–Trinajstić information content (AvgIpc) is 2.61. The van der Waals surface area contributed by atoms with Gasteiger partial charge in [-0.15, -0.1) is 0 Å². The monoisotopic (exact) mass is 372 g/mol. The van der Waals surface area contributed by atoms with Crippen LogP contribution in [0.25, 0.3) is 0 Å². The fourth-order valence-corrected chi connectivity index (χ4v) is 2.67. The van der Waals surface area contributed by atoms with E-state index in [9.17, 15) is 18.8 Å². The van der Waals surface area contributed by atoms with Crippen LogP contribution in [0.4, 0.5) is 10.1 Å². The van der Waals surface area contributed by atoms with Crippen LogP contribution < -0.4 is 10.6 Å². The van der Waals surface area contributed by atoms with Crippen molar-refractivity contribution in [1.82, 2.24) is 5.32 Å². The maximum atomic E-state index is 14.1. The molecule has 0 bridgehead atoms. The molecule has 0 aromatic heterocycles. The van der Waals surface area contributed by atoms with Crippen LogP contribution in [0.2, 0.25) is 0 Å². The number of amides is 2. The van der Waals surface area contributed by atoms with Gasteiger partial charge in [0.15, 0.2) is 0 Å². The maximum absolute atomic E-state index is 14.1. The lowest BCUT2D eigenvalue weighted by atomic mass is 10.0. The molecule has 0 saturated heterocycles. The van der Waals surface area contributed by atoms with Crippen molar-refractivity contribution in [2.75, 3.05) is 5.32 Å². The van der Waals surface area contributed by atoms with Crippen molar-refractivity contribution in [2.24, 2.45) is 0 Å². The van der Waals surface area contributed by atoms with Crippen molar-refractivity contribution >= 4 is 23.5 Å². The topological polar surface area (TPSA) is 95.5 Å². The third-order valence-corrected chi connectivity index (χ3v) is 3.90. The fourth-order valence-electron chi connectivity index (χ4n) is 2.67. The highest BCUT2D eigenvalue weighted by Gasteiger charge is 2.19. The van der Waals surface area contributed by atoms with Gasteiger partial charge in [0.2, 0.25) is 5.91 Å². The van der Waals surface area contributed by atoms with Crippen molar-refractivity contribution in [3.8, 4) is 0 Å². The van der Waals surface area contributed by atoms with Gasteiger partial charge in [0.05, 0.1) is 5.56 Å². The van der Waals surface area contributed by atoms with E-state index in [1.807, 2.05) is 30.3 Å². The van der Waals surface area contributed by atoms with E-state index in [0.29, 0.717) is 12.1 Å². The first-order valence-electron chi connectivity index (χ1n) is 8.49. The number of aliphatic carboxylic acids is 1. The van der Waals surface area contributed by atoms with Gasteiger partial charge in [0, 0.05) is 25.1 Å². The number of carbonyl (C=O) groups is 3. The Kier molecular flexibility index (Phi) is 7.05. The molecule has 0 spiro atoms. The largest absolute Gasteiger partial charge is 0.481 e. The smallest absolute Gasteiger partial charge is 0.303 e. The molecule has 1 atom stereocenters. The number of carbonyl (C=O) groups excluding carboxylic acids is 2. The van der Waals surface area contributed by atoms with Crippen LogP contribution in [0, 0.1) is 5.82 Å². The minimum Gasteiger partial charge on any atom is -0.481 e. The highest BCUT2D eigenvalue weighted by molar-refractivity contribution is 5.97. The molecule has 0 heterocycles. The van der Waals surface area contributed by atoms with Gasteiger partial charge < -0.3 is 15.7 Å². The zero-order valence-corrected chi connectivity index (χ0v) is 14.9. The van der Waals surface area contributed by atoms with Crippen molar-refractivity contribution in [2.45, 2.75) is 32.2 Å². The number of hydrogen-bond donors (Lipinski definition) is 3. The molecule has 0 aliphatic carbocycles. The summed E-state index contributed by atoms with van der Waals surface area (Å²) in [5.74, 6) is -2.69. The van der Waals surface area contributed by atoms with Gasteiger partial charge in [-0.2, -0.15) is 0 Å². The van der Waals surface area contributed by atoms with Crippen LogP contribution in [-0.2, 0) is 16.0 Å². The molecule has 3 N–H and O–H groups in total. The number of rotatable bonds is 8. The van der Waals surface area contributed by atoms with E-state index in [0.717, 1.165) is 11.6 Å². The summed E-state index contributed by atoms with van der Waals surface area (Å²) in [5, 5.41) is 14.1. The first kappa shape index (κ1) is 20.1. The maximum Gasteiger partial charge on any atom is 0.303 e. The second kappa shape index (κ2) is 9.47. The molecule has 1 unspecified atom stereocenters. The van der Waals surface area contributed by atoms with E-state index in [4.69, 9.17) is 5.11 Å². The Labute approximate surface area is 156 Å². The van der Waals surface area contributed by atoms with Crippen molar-refractivity contribution in [3.63, 3.8) is 0 Å². The number of nitrogens with one attached hydrogen (secondary N) is 2. The molecule has 2 aromatic rings. The first-order valence-corrected chi connectivity index (χ1v) is 8.49. The second-order valence-electron chi connectivity index (χ2n) is 6.17. The number of anilines is 1. The van der Waals surface area contributed by atoms with Crippen LogP contribution in [0.3, 0.4) is 0 Å². The third-order valence-electron chi connectivity index (χ3n) is 3.90. The van der Waals surface area contributed by atoms with E-state index in [1.54, 1.807) is 0 Å². The van der Waals surface area contributed by atoms with Gasteiger partial charge in [-0.05, 0) is 36.6 Å². The van der Waals surface area contributed by atoms with Crippen LogP contribution >= 0.6 is 0 Å². The van der Waals surface area contributed by atoms with Crippen molar-refractivity contribution in [3.05, 3.63) is 65.5 Å². The van der Waals surface area contributed by atoms with Gasteiger partial charge >= 0.3 is 5.97 Å². The molecule has 2 amide bonds. The molecule has 0 fully saturated rings. The summed E-state index contributed by atoms with van der Waals surface area (Å²) in [4.78, 5) is 34.6. The zero-order valence-electron chi connectivity index (χ0n) is 14.9. The van der Waals surface area contributed by atoms with E-state index < -0.39 is 23.7 Å². The van der Waals surface area contributed by atoms with Gasteiger partial charge in [0.1, 0.15) is 5.82 Å². The van der Waals surface area contributed by atoms with E-state index in [1.165, 1.54) is 19.1 Å². The van der Waals surface area contributed by atoms with Gasteiger partial charge in [-0.1, -0.05) is 30.3 Å². The molecule has 27 heavy (non-hydrogen) atoms. The highest BCUT2D eigenvalue weighted by Crippen LogP contribution is 2.16. The lowest BCUT2D eigenvalue weighted by Gasteiger charge is -2.19. The summed E-state index contributed by atoms with van der Waals surface area (Å²) >= 11 is 0. The molecule has 7 heteroatoms. The summed E-state index contributed by atoms with van der Waals surface area (Å²) in [6.45, 7) is 1.31. The summed E-state index contributed by atoms with van der Waals surface area (Å²) in [6.07, 6.45) is 0.516. The van der Waals surface area contributed by atoms with Crippen LogP contribution in [0.5, 0.6) is 0 Å². The summed E-state index contributed by atoms with van der Waals surface area (Å²) in [5.41, 5.74) is 1.02. The van der Waals surface area contributed by atoms with Crippen molar-refractivity contribution < 1.29 is 23.9 Å². The molecule has 0 radical (unpaired) electrons. The lowest BCUT2D eigenvalue weighted by Crippen LogP contribution is -2.37. The van der Waals surface area contributed by atoms with Crippen LogP contribution in [0.1, 0.15) is 35.7 Å². The third kappa shape index (κ3) is 6.54. The molecular formula is C20H21FN2O4. The average molecular weight is 372 g/mol. The quantitative estimate of drug-likeness (QED) is 0.664. The molecule has 2 rings (SSSR count). The molecule has 0 saturated carbocycles. The Morgan fingerprint density at radius 3 is 2.44 bits per heavy atom. The highest BCUT2D eigenvalue weighted by atomic mass is 19.1. The van der Waals surface area contributed by atoms with Gasteiger partial charge in [-0.25, -0.2) is 4.39 Å². The molecule has 6 nitrogen and oxygen atoms in total. The number of hydrogen-bond acceptors (Lipinski definition) is 3. The van der Waals surface area contributed by atoms with Gasteiger partial charge in [0.25, 0.3) is 5.91 Å². The van der Waals surface area contributed by atoms with Gasteiger partial charge in [-0.3, -0.25) is 14.4 Å². The predicted octanol–water partition coefficient (Wildman–Crippen LogP) is 2.99. The molecule has 0 aliphatic rings. The SMILES string of the molecule is CC(=O)Nc1ccc(F)c(C(=O)NC(CCC(=O)O)Cc2ccccc2)c1. The molecule has 0 aliphatic heterocycles. The first-order chi connectivity index (χ1) is 12.8. The Balaban J connectivity index is 2.16. The Bertz CT molecular complexity index is 824. The minimum absolute atomic E-state index is 0.119. The number of carboxylic acids is 1. The van der Waals surface area contributed by atoms with E-state index in [-0.39, 0.29) is 24.3 Å².